The van der Waals surface area contributed by atoms with Gasteiger partial charge < -0.3 is 15.4 Å². The van der Waals surface area contributed by atoms with Crippen LogP contribution in [0.2, 0.25) is 0 Å². The van der Waals surface area contributed by atoms with E-state index in [9.17, 15) is 36.3 Å². The van der Waals surface area contributed by atoms with Crippen LogP contribution in [0.4, 0.5) is 22.0 Å². The molecule has 3 aromatic carbocycles. The van der Waals surface area contributed by atoms with Gasteiger partial charge in [-0.05, 0) is 49.1 Å². The lowest BCUT2D eigenvalue weighted by Crippen LogP contribution is -2.47. The highest BCUT2D eigenvalue weighted by Gasteiger charge is 2.30. The van der Waals surface area contributed by atoms with Crippen LogP contribution in [0.25, 0.3) is 11.6 Å². The zero-order valence-electron chi connectivity index (χ0n) is 24.5. The number of ether oxygens (including phenoxy) is 1. The number of amides is 3. The van der Waals surface area contributed by atoms with Crippen molar-refractivity contribution in [2.24, 2.45) is 0 Å². The van der Waals surface area contributed by atoms with Crippen LogP contribution in [0, 0.1) is 36.0 Å². The Bertz CT molecular complexity index is 1520. The number of rotatable bonds is 14. The zero-order chi connectivity index (χ0) is 33.1. The third kappa shape index (κ3) is 9.35. The molecule has 0 saturated heterocycles. The Morgan fingerprint density at radius 1 is 0.867 bits per heavy atom. The molecule has 0 saturated carbocycles. The van der Waals surface area contributed by atoms with Crippen molar-refractivity contribution in [3.63, 3.8) is 0 Å². The molecule has 0 aliphatic heterocycles. The number of hydrogen-bond acceptors (Lipinski definition) is 5. The summed E-state index contributed by atoms with van der Waals surface area (Å²) in [6.45, 7) is 1.87. The van der Waals surface area contributed by atoms with Crippen molar-refractivity contribution >= 4 is 29.4 Å². The van der Waals surface area contributed by atoms with Crippen LogP contribution in [0.15, 0.2) is 48.5 Å². The first kappa shape index (κ1) is 34.7. The van der Waals surface area contributed by atoms with Gasteiger partial charge in [-0.2, -0.15) is 8.78 Å². The van der Waals surface area contributed by atoms with Gasteiger partial charge in [0, 0.05) is 19.4 Å². The first-order valence-corrected chi connectivity index (χ1v) is 13.9. The average molecular weight is 634 g/mol. The van der Waals surface area contributed by atoms with Gasteiger partial charge in [-0.1, -0.05) is 48.4 Å². The number of halogens is 5. The lowest BCUT2D eigenvalue weighted by molar-refractivity contribution is -0.134. The summed E-state index contributed by atoms with van der Waals surface area (Å²) in [5, 5.41) is 14.1. The van der Waals surface area contributed by atoms with E-state index in [0.29, 0.717) is 19.3 Å². The van der Waals surface area contributed by atoms with Crippen molar-refractivity contribution in [2.45, 2.75) is 45.1 Å². The van der Waals surface area contributed by atoms with Crippen LogP contribution in [0.3, 0.4) is 0 Å². The Morgan fingerprint density at radius 2 is 1.49 bits per heavy atom. The molecular weight excluding hydrogens is 601 g/mol. The van der Waals surface area contributed by atoms with Crippen molar-refractivity contribution in [2.75, 3.05) is 13.7 Å². The molecular formula is C32H32F5N3O5. The predicted octanol–water partition coefficient (Wildman–Crippen LogP) is 5.15. The lowest BCUT2D eigenvalue weighted by atomic mass is 9.99. The Labute approximate surface area is 256 Å². The number of benzene rings is 3. The minimum atomic E-state index is -1.85. The summed E-state index contributed by atoms with van der Waals surface area (Å²) in [5.74, 6) is -11.6. The van der Waals surface area contributed by atoms with Crippen LogP contribution < -0.4 is 20.9 Å². The molecule has 3 amide bonds. The topological polar surface area (TPSA) is 117 Å². The fourth-order valence-corrected chi connectivity index (χ4v) is 4.40. The van der Waals surface area contributed by atoms with E-state index in [2.05, 4.69) is 15.4 Å². The molecule has 45 heavy (non-hydrogen) atoms. The summed E-state index contributed by atoms with van der Waals surface area (Å²) < 4.78 is 76.5. The fourth-order valence-electron chi connectivity index (χ4n) is 4.40. The third-order valence-electron chi connectivity index (χ3n) is 6.81. The van der Waals surface area contributed by atoms with Crippen molar-refractivity contribution in [3.05, 3.63) is 99.9 Å². The van der Waals surface area contributed by atoms with Gasteiger partial charge in [-0.15, -0.1) is 0 Å². The molecule has 1 unspecified atom stereocenters. The second-order valence-electron chi connectivity index (χ2n) is 10.1. The highest BCUT2D eigenvalue weighted by Crippen LogP contribution is 2.34. The predicted molar refractivity (Wildman–Crippen MR) is 155 cm³/mol. The van der Waals surface area contributed by atoms with E-state index in [1.807, 2.05) is 19.1 Å². The highest BCUT2D eigenvalue weighted by molar-refractivity contribution is 6.24. The standard InChI is InChI=1S/C32H32F5N3O5/c1-18-7-9-20(10-8-18)17-23(32(43)40-44)39-24(41)6-4-3-5-15-38-31(42)22(16-19-11-13-21(33)14-12-19)25-26(34)28(36)30(45-2)29(37)27(25)35/h7-14,16,23,44H,3-6,15,17H2,1-2H3,(H,38,42)(H,39,41)(H,40,43)/b22-16-. The van der Waals surface area contributed by atoms with E-state index >= 15 is 0 Å². The maximum atomic E-state index is 14.9. The number of hydroxylamine groups is 1. The first-order valence-electron chi connectivity index (χ1n) is 13.9. The van der Waals surface area contributed by atoms with E-state index < -0.39 is 69.7 Å². The van der Waals surface area contributed by atoms with E-state index in [1.165, 1.54) is 12.1 Å². The van der Waals surface area contributed by atoms with Crippen LogP contribution in [-0.2, 0) is 20.8 Å². The van der Waals surface area contributed by atoms with Gasteiger partial charge in [0.2, 0.25) is 17.5 Å². The van der Waals surface area contributed by atoms with E-state index in [4.69, 9.17) is 5.21 Å². The normalized spacial score (nSPS) is 12.0. The van der Waals surface area contributed by atoms with E-state index in [1.54, 1.807) is 17.6 Å². The van der Waals surface area contributed by atoms with Gasteiger partial charge in [0.25, 0.3) is 11.8 Å². The minimum Gasteiger partial charge on any atom is -0.491 e. The SMILES string of the molecule is COc1c(F)c(F)c(/C(=C/c2ccc(F)cc2)C(=O)NCCCCCC(=O)NC(Cc2ccc(C)cc2)C(=O)NO)c(F)c1F. The number of carbonyl (C=O) groups is 3. The highest BCUT2D eigenvalue weighted by atomic mass is 19.2. The number of unbranched alkanes of at least 4 members (excludes halogenated alkanes) is 2. The molecule has 3 aromatic rings. The largest absolute Gasteiger partial charge is 0.491 e. The molecule has 13 heteroatoms. The van der Waals surface area contributed by atoms with E-state index in [-0.39, 0.29) is 24.9 Å². The molecule has 8 nitrogen and oxygen atoms in total. The average Bonchev–Trinajstić information content (AvgIpc) is 3.02. The molecule has 240 valence electrons. The second-order valence-corrected chi connectivity index (χ2v) is 10.1. The second kappa shape index (κ2) is 16.3. The number of aryl methyl sites for hydroxylation is 1. The summed E-state index contributed by atoms with van der Waals surface area (Å²) >= 11 is 0. The summed E-state index contributed by atoms with van der Waals surface area (Å²) in [5.41, 5.74) is 1.44. The van der Waals surface area contributed by atoms with Gasteiger partial charge in [-0.25, -0.2) is 18.7 Å². The molecule has 0 aliphatic rings. The Balaban J connectivity index is 1.61. The number of methoxy groups -OCH3 is 1. The molecule has 0 radical (unpaired) electrons. The van der Waals surface area contributed by atoms with Crippen molar-refractivity contribution in [1.29, 1.82) is 0 Å². The molecule has 0 heterocycles. The van der Waals surface area contributed by atoms with E-state index in [0.717, 1.165) is 36.4 Å². The fraction of sp³-hybridized carbons (Fsp3) is 0.281. The molecule has 4 N–H and O–H groups in total. The Hall–Kier alpha value is -4.78. The van der Waals surface area contributed by atoms with Crippen LogP contribution in [0.1, 0.15) is 47.9 Å². The van der Waals surface area contributed by atoms with Gasteiger partial charge in [0.05, 0.1) is 18.2 Å². The third-order valence-corrected chi connectivity index (χ3v) is 6.81. The minimum absolute atomic E-state index is 0.0214. The maximum absolute atomic E-state index is 14.9. The van der Waals surface area contributed by atoms with Crippen molar-refractivity contribution in [3.8, 4) is 5.75 Å². The summed E-state index contributed by atoms with van der Waals surface area (Å²) in [6.07, 6.45) is 2.20. The van der Waals surface area contributed by atoms with Gasteiger partial charge in [-0.3, -0.25) is 19.6 Å². The van der Waals surface area contributed by atoms with Crippen LogP contribution >= 0.6 is 0 Å². The number of nitrogens with one attached hydrogen (secondary N) is 3. The lowest BCUT2D eigenvalue weighted by Gasteiger charge is -2.17. The smallest absolute Gasteiger partial charge is 0.266 e. The number of carbonyl (C=O) groups excluding carboxylic acids is 3. The van der Waals surface area contributed by atoms with Crippen LogP contribution in [0.5, 0.6) is 5.75 Å². The summed E-state index contributed by atoms with van der Waals surface area (Å²) in [7, 11) is 0.821. The molecule has 0 aliphatic carbocycles. The Kier molecular flexibility index (Phi) is 12.6. The molecule has 0 bridgehead atoms. The van der Waals surface area contributed by atoms with Crippen LogP contribution in [-0.4, -0.2) is 42.6 Å². The molecule has 1 atom stereocenters. The van der Waals surface area contributed by atoms with Gasteiger partial charge in [0.15, 0.2) is 17.4 Å². The summed E-state index contributed by atoms with van der Waals surface area (Å²) in [4.78, 5) is 37.5. The quantitative estimate of drug-likeness (QED) is 0.0373. The molecule has 0 aromatic heterocycles. The van der Waals surface area contributed by atoms with Crippen molar-refractivity contribution < 1.29 is 46.3 Å². The summed E-state index contributed by atoms with van der Waals surface area (Å²) in [6, 6.07) is 10.8. The maximum Gasteiger partial charge on any atom is 0.266 e. The van der Waals surface area contributed by atoms with Gasteiger partial charge >= 0.3 is 0 Å². The zero-order valence-corrected chi connectivity index (χ0v) is 24.5. The Morgan fingerprint density at radius 3 is 2.07 bits per heavy atom. The monoisotopic (exact) mass is 633 g/mol. The molecule has 0 fully saturated rings. The molecule has 3 rings (SSSR count). The van der Waals surface area contributed by atoms with Crippen molar-refractivity contribution in [1.82, 2.24) is 16.1 Å². The number of hydrogen-bond donors (Lipinski definition) is 4. The first-order chi connectivity index (χ1) is 21.5. The molecule has 0 spiro atoms. The van der Waals surface area contributed by atoms with Gasteiger partial charge in [0.1, 0.15) is 11.9 Å².